The molecule has 0 aliphatic carbocycles. The van der Waals surface area contributed by atoms with Gasteiger partial charge in [0.05, 0.1) is 0 Å². The highest BCUT2D eigenvalue weighted by atomic mass is 35.5. The molecule has 0 amide bonds. The van der Waals surface area contributed by atoms with E-state index < -0.39 is 0 Å². The topological polar surface area (TPSA) is 26.0 Å². The molecule has 1 unspecified atom stereocenters. The van der Waals surface area contributed by atoms with Crippen LogP contribution < -0.4 is 5.73 Å². The highest BCUT2D eigenvalue weighted by Crippen LogP contribution is 2.25. The monoisotopic (exact) mass is 325 g/mol. The minimum Gasteiger partial charge on any atom is -0.324 e. The molecule has 0 aliphatic heterocycles. The third kappa shape index (κ3) is 7.15. The molecule has 1 atom stereocenters. The van der Waals surface area contributed by atoms with E-state index in [1.54, 1.807) is 0 Å². The molecule has 0 saturated heterocycles. The second-order valence-electron chi connectivity index (χ2n) is 6.21. The molecule has 0 aromatic heterocycles. The zero-order chi connectivity index (χ0) is 15.5. The van der Waals surface area contributed by atoms with Crippen molar-refractivity contribution in [1.82, 2.24) is 0 Å². The summed E-state index contributed by atoms with van der Waals surface area (Å²) in [5.41, 5.74) is 10.8. The summed E-state index contributed by atoms with van der Waals surface area (Å²) < 4.78 is 0. The Kier molecular flexibility index (Phi) is 12.6. The van der Waals surface area contributed by atoms with Gasteiger partial charge in [0.2, 0.25) is 0 Å². The number of unbranched alkanes of at least 4 members (excludes halogenated alkanes) is 6. The van der Waals surface area contributed by atoms with Gasteiger partial charge < -0.3 is 5.73 Å². The van der Waals surface area contributed by atoms with Gasteiger partial charge in [-0.15, -0.1) is 12.4 Å². The lowest BCUT2D eigenvalue weighted by Gasteiger charge is -2.18. The first kappa shape index (κ1) is 21.5. The molecule has 0 fully saturated rings. The third-order valence-electron chi connectivity index (χ3n) is 4.56. The van der Waals surface area contributed by atoms with Crippen LogP contribution >= 0.6 is 12.4 Å². The highest BCUT2D eigenvalue weighted by Gasteiger charge is 2.12. The first-order chi connectivity index (χ1) is 10.2. The van der Waals surface area contributed by atoms with Crippen LogP contribution in [0.3, 0.4) is 0 Å². The molecule has 0 radical (unpaired) electrons. The Labute approximate surface area is 144 Å². The van der Waals surface area contributed by atoms with Crippen LogP contribution in [-0.4, -0.2) is 0 Å². The van der Waals surface area contributed by atoms with Gasteiger partial charge in [0.25, 0.3) is 0 Å². The molecule has 1 nitrogen and oxygen atoms in total. The largest absolute Gasteiger partial charge is 0.324 e. The Morgan fingerprint density at radius 2 is 1.50 bits per heavy atom. The van der Waals surface area contributed by atoms with E-state index >= 15 is 0 Å². The van der Waals surface area contributed by atoms with Crippen molar-refractivity contribution in [3.8, 4) is 0 Å². The average molecular weight is 326 g/mol. The zero-order valence-corrected chi connectivity index (χ0v) is 15.7. The summed E-state index contributed by atoms with van der Waals surface area (Å²) in [5.74, 6) is 0. The lowest BCUT2D eigenvalue weighted by atomic mass is 9.91. The smallest absolute Gasteiger partial charge is 0.0297 e. The lowest BCUT2D eigenvalue weighted by Crippen LogP contribution is -2.13. The Hall–Kier alpha value is -0.530. The molecule has 0 heterocycles. The Bertz CT molecular complexity index is 389. The molecule has 22 heavy (non-hydrogen) atoms. The molecule has 1 rings (SSSR count). The Balaban J connectivity index is 0.00000441. The molecule has 0 saturated carbocycles. The number of aryl methyl sites for hydroxylation is 1. The molecule has 0 spiro atoms. The summed E-state index contributed by atoms with van der Waals surface area (Å²) in [6.45, 7) is 6.76. The van der Waals surface area contributed by atoms with Crippen molar-refractivity contribution in [3.05, 3.63) is 34.9 Å². The van der Waals surface area contributed by atoms with Crippen LogP contribution in [0.4, 0.5) is 0 Å². The van der Waals surface area contributed by atoms with Crippen LogP contribution in [0, 0.1) is 0 Å². The van der Waals surface area contributed by atoms with Crippen LogP contribution in [0.2, 0.25) is 0 Å². The van der Waals surface area contributed by atoms with Gasteiger partial charge in [-0.3, -0.25) is 0 Å². The summed E-state index contributed by atoms with van der Waals surface area (Å²) in [6.07, 6.45) is 12.9. The van der Waals surface area contributed by atoms with Crippen molar-refractivity contribution in [2.45, 2.75) is 91.0 Å². The summed E-state index contributed by atoms with van der Waals surface area (Å²) in [5, 5.41) is 0. The number of rotatable bonds is 11. The van der Waals surface area contributed by atoms with E-state index in [1.165, 1.54) is 61.6 Å². The van der Waals surface area contributed by atoms with Gasteiger partial charge in [-0.2, -0.15) is 0 Å². The van der Waals surface area contributed by atoms with E-state index in [2.05, 4.69) is 39.0 Å². The fraction of sp³-hybridized carbons (Fsp3) is 0.700. The van der Waals surface area contributed by atoms with E-state index in [9.17, 15) is 0 Å². The molecule has 0 bridgehead atoms. The number of hydrogen-bond donors (Lipinski definition) is 1. The SMILES string of the molecule is CCCCCCCCCC(N)c1cccc(CC)c1CC.Cl. The van der Waals surface area contributed by atoms with Crippen LogP contribution in [0.15, 0.2) is 18.2 Å². The maximum Gasteiger partial charge on any atom is 0.0297 e. The van der Waals surface area contributed by atoms with Gasteiger partial charge in [-0.05, 0) is 36.0 Å². The highest BCUT2D eigenvalue weighted by molar-refractivity contribution is 5.85. The molecule has 2 N–H and O–H groups in total. The quantitative estimate of drug-likeness (QED) is 0.470. The van der Waals surface area contributed by atoms with Crippen molar-refractivity contribution in [2.24, 2.45) is 5.73 Å². The standard InChI is InChI=1S/C20H35N.ClH/c1-4-7-8-9-10-11-12-16-20(21)19-15-13-14-17(5-2)18(19)6-3;/h13-15,20H,4-12,16,21H2,1-3H3;1H. The van der Waals surface area contributed by atoms with E-state index in [4.69, 9.17) is 5.73 Å². The number of nitrogens with two attached hydrogens (primary N) is 1. The van der Waals surface area contributed by atoms with Crippen molar-refractivity contribution in [1.29, 1.82) is 0 Å². The van der Waals surface area contributed by atoms with E-state index in [0.717, 1.165) is 19.3 Å². The Morgan fingerprint density at radius 3 is 2.09 bits per heavy atom. The second kappa shape index (κ2) is 13.0. The molecular formula is C20H36ClN. The first-order valence-corrected chi connectivity index (χ1v) is 9.10. The normalized spacial score (nSPS) is 12.0. The Morgan fingerprint density at radius 1 is 0.864 bits per heavy atom. The summed E-state index contributed by atoms with van der Waals surface area (Å²) >= 11 is 0. The molecule has 1 aromatic rings. The van der Waals surface area contributed by atoms with Gasteiger partial charge >= 0.3 is 0 Å². The third-order valence-corrected chi connectivity index (χ3v) is 4.56. The zero-order valence-electron chi connectivity index (χ0n) is 14.9. The van der Waals surface area contributed by atoms with Gasteiger partial charge in [0.1, 0.15) is 0 Å². The van der Waals surface area contributed by atoms with Crippen molar-refractivity contribution < 1.29 is 0 Å². The predicted molar refractivity (Wildman–Crippen MR) is 102 cm³/mol. The van der Waals surface area contributed by atoms with Gasteiger partial charge in [-0.25, -0.2) is 0 Å². The minimum atomic E-state index is 0. The van der Waals surface area contributed by atoms with Gasteiger partial charge in [-0.1, -0.05) is 83.9 Å². The fourth-order valence-corrected chi connectivity index (χ4v) is 3.24. The summed E-state index contributed by atoms with van der Waals surface area (Å²) in [7, 11) is 0. The first-order valence-electron chi connectivity index (χ1n) is 9.10. The van der Waals surface area contributed by atoms with E-state index in [0.29, 0.717) is 0 Å². The van der Waals surface area contributed by atoms with Gasteiger partial charge in [0.15, 0.2) is 0 Å². The number of halogens is 1. The van der Waals surface area contributed by atoms with Crippen LogP contribution in [0.5, 0.6) is 0 Å². The van der Waals surface area contributed by atoms with Crippen molar-refractivity contribution >= 4 is 12.4 Å². The molecule has 0 aliphatic rings. The minimum absolute atomic E-state index is 0. The predicted octanol–water partition coefficient (Wildman–Crippen LogP) is 6.37. The molecule has 128 valence electrons. The van der Waals surface area contributed by atoms with E-state index in [1.807, 2.05) is 0 Å². The van der Waals surface area contributed by atoms with Crippen molar-refractivity contribution in [2.75, 3.05) is 0 Å². The molecule has 2 heteroatoms. The summed E-state index contributed by atoms with van der Waals surface area (Å²) in [4.78, 5) is 0. The van der Waals surface area contributed by atoms with Crippen LogP contribution in [-0.2, 0) is 12.8 Å². The average Bonchev–Trinajstić information content (AvgIpc) is 2.52. The maximum absolute atomic E-state index is 6.46. The van der Waals surface area contributed by atoms with Crippen LogP contribution in [0.1, 0.15) is 94.9 Å². The number of benzene rings is 1. The maximum atomic E-state index is 6.46. The lowest BCUT2D eigenvalue weighted by molar-refractivity contribution is 0.539. The second-order valence-corrected chi connectivity index (χ2v) is 6.21. The molecular weight excluding hydrogens is 290 g/mol. The van der Waals surface area contributed by atoms with Crippen molar-refractivity contribution in [3.63, 3.8) is 0 Å². The molecule has 1 aromatic carbocycles. The summed E-state index contributed by atoms with van der Waals surface area (Å²) in [6, 6.07) is 6.90. The fourth-order valence-electron chi connectivity index (χ4n) is 3.24. The van der Waals surface area contributed by atoms with E-state index in [-0.39, 0.29) is 18.4 Å². The number of hydrogen-bond acceptors (Lipinski definition) is 1. The van der Waals surface area contributed by atoms with Gasteiger partial charge in [0, 0.05) is 6.04 Å². The van der Waals surface area contributed by atoms with Crippen LogP contribution in [0.25, 0.3) is 0 Å².